The predicted molar refractivity (Wildman–Crippen MR) is 80.2 cm³/mol. The van der Waals surface area contributed by atoms with E-state index < -0.39 is 0 Å². The first-order chi connectivity index (χ1) is 10.3. The zero-order valence-electron chi connectivity index (χ0n) is 12.8. The molecule has 0 amide bonds. The van der Waals surface area contributed by atoms with Crippen molar-refractivity contribution >= 4 is 11.5 Å². The summed E-state index contributed by atoms with van der Waals surface area (Å²) in [6, 6.07) is 6.82. The van der Waals surface area contributed by atoms with E-state index in [4.69, 9.17) is 0 Å². The van der Waals surface area contributed by atoms with Crippen molar-refractivity contribution in [3.8, 4) is 0 Å². The number of non-ortho nitro benzene ring substituents is 1. The van der Waals surface area contributed by atoms with E-state index in [1.165, 1.54) is 0 Å². The molecule has 4 aliphatic rings. The van der Waals surface area contributed by atoms with Crippen LogP contribution in [0.25, 0.3) is 0 Å². The normalized spacial score (nSPS) is 42.6. The number of hydrogen-bond acceptors (Lipinski definition) is 5. The van der Waals surface area contributed by atoms with E-state index in [0.29, 0.717) is 5.78 Å². The molecule has 0 atom stereocenters. The van der Waals surface area contributed by atoms with Crippen LogP contribution in [-0.2, 0) is 4.79 Å². The highest BCUT2D eigenvalue weighted by atomic mass is 16.6. The lowest BCUT2D eigenvalue weighted by Crippen LogP contribution is -2.75. The molecule has 4 bridgehead atoms. The highest BCUT2D eigenvalue weighted by Gasteiger charge is 2.61. The van der Waals surface area contributed by atoms with E-state index in [9.17, 15) is 14.9 Å². The van der Waals surface area contributed by atoms with Crippen LogP contribution in [0.15, 0.2) is 24.3 Å². The molecule has 116 valence electrons. The SMILES string of the molecule is CC12CN3CC(C)(CN(C1)C3c1ccc([N+](=O)[O-])cc1)C2=O. The largest absolute Gasteiger partial charge is 0.298 e. The van der Waals surface area contributed by atoms with Gasteiger partial charge in [0.05, 0.1) is 21.9 Å². The number of benzene rings is 1. The highest BCUT2D eigenvalue weighted by molar-refractivity contribution is 5.92. The summed E-state index contributed by atoms with van der Waals surface area (Å²) in [5.41, 5.74) is 0.640. The molecule has 6 heteroatoms. The van der Waals surface area contributed by atoms with Gasteiger partial charge in [0.25, 0.3) is 5.69 Å². The number of hydrogen-bond donors (Lipinski definition) is 0. The molecule has 0 saturated carbocycles. The molecule has 6 nitrogen and oxygen atoms in total. The van der Waals surface area contributed by atoms with Crippen molar-refractivity contribution in [1.82, 2.24) is 9.80 Å². The quantitative estimate of drug-likeness (QED) is 0.616. The predicted octanol–water partition coefficient (Wildman–Crippen LogP) is 1.82. The van der Waals surface area contributed by atoms with Gasteiger partial charge < -0.3 is 0 Å². The summed E-state index contributed by atoms with van der Waals surface area (Å²) >= 11 is 0. The number of ketones is 1. The minimum Gasteiger partial charge on any atom is -0.298 e. The summed E-state index contributed by atoms with van der Waals surface area (Å²) in [6.45, 7) is 7.24. The maximum atomic E-state index is 12.7. The van der Waals surface area contributed by atoms with Crippen molar-refractivity contribution in [3.63, 3.8) is 0 Å². The summed E-state index contributed by atoms with van der Waals surface area (Å²) in [4.78, 5) is 27.8. The van der Waals surface area contributed by atoms with E-state index in [-0.39, 0.29) is 27.6 Å². The molecule has 0 N–H and O–H groups in total. The molecule has 4 aliphatic heterocycles. The smallest absolute Gasteiger partial charge is 0.269 e. The molecule has 0 unspecified atom stereocenters. The maximum Gasteiger partial charge on any atom is 0.269 e. The van der Waals surface area contributed by atoms with Crippen molar-refractivity contribution in [2.75, 3.05) is 26.2 Å². The van der Waals surface area contributed by atoms with Gasteiger partial charge in [-0.25, -0.2) is 0 Å². The van der Waals surface area contributed by atoms with Gasteiger partial charge in [0.15, 0.2) is 0 Å². The molecular formula is C16H19N3O3. The number of nitro benzene ring substituents is 1. The van der Waals surface area contributed by atoms with Crippen LogP contribution in [0.3, 0.4) is 0 Å². The second-order valence-electron chi connectivity index (χ2n) is 7.48. The zero-order valence-corrected chi connectivity index (χ0v) is 12.8. The molecule has 0 spiro atoms. The van der Waals surface area contributed by atoms with Crippen molar-refractivity contribution in [2.24, 2.45) is 10.8 Å². The van der Waals surface area contributed by atoms with Gasteiger partial charge in [-0.15, -0.1) is 0 Å². The summed E-state index contributed by atoms with van der Waals surface area (Å²) < 4.78 is 0. The van der Waals surface area contributed by atoms with Gasteiger partial charge in [0, 0.05) is 38.3 Å². The average Bonchev–Trinajstić information content (AvgIpc) is 2.44. The molecular weight excluding hydrogens is 282 g/mol. The Morgan fingerprint density at radius 2 is 1.50 bits per heavy atom. The van der Waals surface area contributed by atoms with Gasteiger partial charge in [-0.2, -0.15) is 0 Å². The zero-order chi connectivity index (χ0) is 15.7. The third-order valence-electron chi connectivity index (χ3n) is 5.40. The summed E-state index contributed by atoms with van der Waals surface area (Å²) in [6.07, 6.45) is 0.134. The van der Waals surface area contributed by atoms with E-state index in [0.717, 1.165) is 31.7 Å². The van der Waals surface area contributed by atoms with Crippen LogP contribution in [0, 0.1) is 20.9 Å². The van der Waals surface area contributed by atoms with Gasteiger partial charge in [0.2, 0.25) is 0 Å². The number of Topliss-reactive ketones (excluding diaryl/α,β-unsaturated/α-hetero) is 1. The Kier molecular flexibility index (Phi) is 2.61. The third kappa shape index (κ3) is 1.71. The third-order valence-corrected chi connectivity index (χ3v) is 5.40. The second kappa shape index (κ2) is 4.14. The summed E-state index contributed by atoms with van der Waals surface area (Å²) in [5.74, 6) is 0.398. The lowest BCUT2D eigenvalue weighted by molar-refractivity contribution is -0.384. The molecule has 22 heavy (non-hydrogen) atoms. The fourth-order valence-electron chi connectivity index (χ4n) is 4.79. The maximum absolute atomic E-state index is 12.7. The average molecular weight is 301 g/mol. The van der Waals surface area contributed by atoms with Crippen molar-refractivity contribution in [3.05, 3.63) is 39.9 Å². The number of carbonyl (C=O) groups excluding carboxylic acids is 1. The molecule has 0 aliphatic carbocycles. The molecule has 1 aromatic rings. The Labute approximate surface area is 128 Å². The fourth-order valence-corrected chi connectivity index (χ4v) is 4.79. The molecule has 0 aromatic heterocycles. The van der Waals surface area contributed by atoms with E-state index >= 15 is 0 Å². The van der Waals surface area contributed by atoms with E-state index in [1.807, 2.05) is 12.1 Å². The summed E-state index contributed by atoms with van der Waals surface area (Å²) in [5, 5.41) is 10.8. The minimum absolute atomic E-state index is 0.117. The first kappa shape index (κ1) is 13.8. The first-order valence-corrected chi connectivity index (χ1v) is 7.60. The van der Waals surface area contributed by atoms with Crippen LogP contribution in [-0.4, -0.2) is 46.7 Å². The lowest BCUT2D eigenvalue weighted by atomic mass is 9.62. The lowest BCUT2D eigenvalue weighted by Gasteiger charge is -2.64. The van der Waals surface area contributed by atoms with Crippen LogP contribution >= 0.6 is 0 Å². The van der Waals surface area contributed by atoms with Crippen LogP contribution in [0.1, 0.15) is 25.6 Å². The fraction of sp³-hybridized carbons (Fsp3) is 0.562. The van der Waals surface area contributed by atoms with Crippen molar-refractivity contribution in [1.29, 1.82) is 0 Å². The number of piperidine rings is 2. The van der Waals surface area contributed by atoms with Gasteiger partial charge >= 0.3 is 0 Å². The Bertz CT molecular complexity index is 630. The highest BCUT2D eigenvalue weighted by Crippen LogP contribution is 2.51. The molecule has 4 heterocycles. The van der Waals surface area contributed by atoms with Crippen LogP contribution in [0.5, 0.6) is 0 Å². The molecule has 4 saturated heterocycles. The van der Waals surface area contributed by atoms with Crippen LogP contribution in [0.2, 0.25) is 0 Å². The standard InChI is InChI=1S/C16H19N3O3/c1-15-7-17-9-16(2,14(15)20)10-18(8-15)13(17)11-3-5-12(6-4-11)19(21)22/h3-6,13H,7-10H2,1-2H3. The molecule has 5 rings (SSSR count). The monoisotopic (exact) mass is 301 g/mol. The van der Waals surface area contributed by atoms with Gasteiger partial charge in [-0.3, -0.25) is 24.7 Å². The van der Waals surface area contributed by atoms with Gasteiger partial charge in [-0.1, -0.05) is 13.8 Å². The Balaban J connectivity index is 1.69. The van der Waals surface area contributed by atoms with Crippen molar-refractivity contribution < 1.29 is 9.72 Å². The van der Waals surface area contributed by atoms with Gasteiger partial charge in [-0.05, 0) is 17.7 Å². The van der Waals surface area contributed by atoms with E-state index in [2.05, 4.69) is 23.6 Å². The second-order valence-corrected chi connectivity index (χ2v) is 7.48. The number of carbonyl (C=O) groups is 1. The van der Waals surface area contributed by atoms with E-state index in [1.54, 1.807) is 12.1 Å². The molecule has 0 radical (unpaired) electrons. The Morgan fingerprint density at radius 3 is 1.91 bits per heavy atom. The first-order valence-electron chi connectivity index (χ1n) is 7.60. The van der Waals surface area contributed by atoms with Gasteiger partial charge in [0.1, 0.15) is 5.78 Å². The molecule has 1 aromatic carbocycles. The van der Waals surface area contributed by atoms with Crippen LogP contribution in [0.4, 0.5) is 5.69 Å². The van der Waals surface area contributed by atoms with Crippen LogP contribution < -0.4 is 0 Å². The minimum atomic E-state index is -0.373. The number of rotatable bonds is 2. The Morgan fingerprint density at radius 1 is 1.05 bits per heavy atom. The number of nitrogens with zero attached hydrogens (tertiary/aromatic N) is 3. The van der Waals surface area contributed by atoms with Crippen molar-refractivity contribution in [2.45, 2.75) is 20.0 Å². The topological polar surface area (TPSA) is 66.7 Å². The summed E-state index contributed by atoms with van der Waals surface area (Å²) in [7, 11) is 0. The molecule has 4 fully saturated rings. The number of nitro groups is 1. The Hall–Kier alpha value is -1.79.